The first kappa shape index (κ1) is 12.0. The van der Waals surface area contributed by atoms with Crippen molar-refractivity contribution < 1.29 is 4.79 Å². The van der Waals surface area contributed by atoms with Gasteiger partial charge in [0.2, 0.25) is 0 Å². The predicted molar refractivity (Wildman–Crippen MR) is 63.2 cm³/mol. The average molecular weight is 285 g/mol. The fraction of sp³-hybridized carbons (Fsp3) is 0.0909. The van der Waals surface area contributed by atoms with E-state index in [0.29, 0.717) is 5.56 Å². The third-order valence-corrected chi connectivity index (χ3v) is 2.72. The number of nitrogens with zero attached hydrogens (tertiary/aromatic N) is 1. The van der Waals surface area contributed by atoms with E-state index >= 15 is 0 Å². The predicted octanol–water partition coefficient (Wildman–Crippen LogP) is 3.51. The molecule has 4 heteroatoms. The summed E-state index contributed by atoms with van der Waals surface area (Å²) in [6, 6.07) is 8.88. The number of carbonyl (C=O) groups excluding carboxylic acids is 1. The van der Waals surface area contributed by atoms with Gasteiger partial charge >= 0.3 is 0 Å². The molecule has 0 spiro atoms. The minimum absolute atomic E-state index is 0.0148. The van der Waals surface area contributed by atoms with Crippen LogP contribution in [0.3, 0.4) is 0 Å². The van der Waals surface area contributed by atoms with Crippen molar-refractivity contribution in [2.24, 2.45) is 0 Å². The van der Waals surface area contributed by atoms with Crippen LogP contribution in [0.5, 0.6) is 0 Å². The molecular weight excluding hydrogens is 277 g/mol. The highest BCUT2D eigenvalue weighted by Crippen LogP contribution is 2.24. The van der Waals surface area contributed by atoms with Crippen LogP contribution in [-0.2, 0) is 4.79 Å². The molecular formula is C11H7BrClNO. The largest absolute Gasteiger partial charge is 0.294 e. The van der Waals surface area contributed by atoms with E-state index in [1.807, 2.05) is 0 Å². The van der Waals surface area contributed by atoms with Crippen molar-refractivity contribution >= 4 is 38.3 Å². The first-order chi connectivity index (χ1) is 7.06. The lowest BCUT2D eigenvalue weighted by atomic mass is 10.1. The highest BCUT2D eigenvalue weighted by atomic mass is 79.9. The van der Waals surface area contributed by atoms with E-state index in [1.165, 1.54) is 6.92 Å². The van der Waals surface area contributed by atoms with Gasteiger partial charge in [0.05, 0.1) is 5.03 Å². The molecule has 0 radical (unpaired) electrons. The van der Waals surface area contributed by atoms with Crippen LogP contribution >= 0.6 is 27.5 Å². The molecule has 0 atom stereocenters. The molecule has 15 heavy (non-hydrogen) atoms. The Morgan fingerprint density at radius 1 is 1.40 bits per heavy atom. The molecule has 0 bridgehead atoms. The van der Waals surface area contributed by atoms with E-state index in [-0.39, 0.29) is 16.4 Å². The molecule has 2 nitrogen and oxygen atoms in total. The second-order valence-corrected chi connectivity index (χ2v) is 4.16. The zero-order valence-electron chi connectivity index (χ0n) is 7.92. The number of nitriles is 1. The summed E-state index contributed by atoms with van der Waals surface area (Å²) in [4.78, 5) is 11.1. The summed E-state index contributed by atoms with van der Waals surface area (Å²) < 4.78 is 0.914. The van der Waals surface area contributed by atoms with Crippen molar-refractivity contribution in [1.82, 2.24) is 0 Å². The Bertz CT molecular complexity index is 456. The fourth-order valence-corrected chi connectivity index (χ4v) is 1.59. The van der Waals surface area contributed by atoms with Crippen molar-refractivity contribution in [2.45, 2.75) is 6.92 Å². The highest BCUT2D eigenvalue weighted by molar-refractivity contribution is 9.10. The Hall–Kier alpha value is -1.11. The molecule has 0 aliphatic heterocycles. The van der Waals surface area contributed by atoms with Crippen molar-refractivity contribution in [3.05, 3.63) is 39.9 Å². The molecule has 0 aliphatic carbocycles. The average Bonchev–Trinajstić information content (AvgIpc) is 2.19. The van der Waals surface area contributed by atoms with Crippen LogP contribution in [-0.4, -0.2) is 5.78 Å². The zero-order chi connectivity index (χ0) is 11.4. The van der Waals surface area contributed by atoms with Gasteiger partial charge in [0.25, 0.3) is 0 Å². The molecule has 1 aromatic carbocycles. The van der Waals surface area contributed by atoms with E-state index in [9.17, 15) is 4.79 Å². The second kappa shape index (κ2) is 5.11. The molecule has 1 rings (SSSR count). The summed E-state index contributed by atoms with van der Waals surface area (Å²) in [7, 11) is 0. The summed E-state index contributed by atoms with van der Waals surface area (Å²) in [6.07, 6.45) is 0. The maximum atomic E-state index is 11.1. The zero-order valence-corrected chi connectivity index (χ0v) is 10.3. The second-order valence-electron chi connectivity index (χ2n) is 2.86. The Morgan fingerprint density at radius 2 is 1.93 bits per heavy atom. The van der Waals surface area contributed by atoms with Crippen LogP contribution in [0.4, 0.5) is 0 Å². The molecule has 0 saturated heterocycles. The number of allylic oxidation sites excluding steroid dienone is 1. The van der Waals surface area contributed by atoms with Crippen molar-refractivity contribution in [3.8, 4) is 6.07 Å². The Kier molecular flexibility index (Phi) is 4.07. The number of benzene rings is 1. The van der Waals surface area contributed by atoms with Gasteiger partial charge in [-0.2, -0.15) is 5.26 Å². The molecule has 1 aromatic rings. The molecule has 0 N–H and O–H groups in total. The number of ketones is 1. The lowest BCUT2D eigenvalue weighted by molar-refractivity contribution is -0.113. The third-order valence-electron chi connectivity index (χ3n) is 1.78. The summed E-state index contributed by atoms with van der Waals surface area (Å²) >= 11 is 9.23. The smallest absolute Gasteiger partial charge is 0.171 e. The van der Waals surface area contributed by atoms with E-state index in [1.54, 1.807) is 30.3 Å². The number of Topliss-reactive ketones (excluding diaryl/α,β-unsaturated/α-hetero) is 1. The topological polar surface area (TPSA) is 40.9 Å². The highest BCUT2D eigenvalue weighted by Gasteiger charge is 2.10. The standard InChI is InChI=1S/C11H7BrClNO/c1-7(15)10(6-14)11(13)8-2-4-9(12)5-3-8/h2-5H,1H3/b11-10+. The normalized spacial score (nSPS) is 11.6. The lowest BCUT2D eigenvalue weighted by Crippen LogP contribution is -1.96. The van der Waals surface area contributed by atoms with Gasteiger partial charge in [0.15, 0.2) is 5.78 Å². The monoisotopic (exact) mass is 283 g/mol. The van der Waals surface area contributed by atoms with Gasteiger partial charge in [0, 0.05) is 4.47 Å². The molecule has 0 heterocycles. The maximum absolute atomic E-state index is 11.1. The lowest BCUT2D eigenvalue weighted by Gasteiger charge is -2.01. The van der Waals surface area contributed by atoms with Crippen molar-refractivity contribution in [3.63, 3.8) is 0 Å². The van der Waals surface area contributed by atoms with Crippen LogP contribution in [0.2, 0.25) is 0 Å². The van der Waals surface area contributed by atoms with Gasteiger partial charge in [-0.3, -0.25) is 4.79 Å². The third kappa shape index (κ3) is 2.92. The van der Waals surface area contributed by atoms with Crippen LogP contribution < -0.4 is 0 Å². The Labute approximate surface area is 101 Å². The van der Waals surface area contributed by atoms with Gasteiger partial charge in [0.1, 0.15) is 11.6 Å². The summed E-state index contributed by atoms with van der Waals surface area (Å²) in [5.41, 5.74) is 0.644. The van der Waals surface area contributed by atoms with Gasteiger partial charge in [-0.05, 0) is 24.6 Å². The van der Waals surface area contributed by atoms with E-state index in [2.05, 4.69) is 15.9 Å². The quantitative estimate of drug-likeness (QED) is 0.616. The summed E-state index contributed by atoms with van der Waals surface area (Å²) in [5.74, 6) is -0.328. The van der Waals surface area contributed by atoms with E-state index in [4.69, 9.17) is 16.9 Å². The molecule has 0 amide bonds. The van der Waals surface area contributed by atoms with E-state index < -0.39 is 0 Å². The minimum atomic E-state index is -0.328. The van der Waals surface area contributed by atoms with Gasteiger partial charge in [-0.15, -0.1) is 0 Å². The number of hydrogen-bond acceptors (Lipinski definition) is 2. The van der Waals surface area contributed by atoms with Gasteiger partial charge in [-0.1, -0.05) is 39.7 Å². The summed E-state index contributed by atoms with van der Waals surface area (Å²) in [5, 5.41) is 8.95. The number of hydrogen-bond donors (Lipinski definition) is 0. The SMILES string of the molecule is CC(=O)/C(C#N)=C(/Cl)c1ccc(Br)cc1. The number of carbonyl (C=O) groups is 1. The first-order valence-electron chi connectivity index (χ1n) is 4.13. The fourth-order valence-electron chi connectivity index (χ4n) is 1.02. The minimum Gasteiger partial charge on any atom is -0.294 e. The summed E-state index contributed by atoms with van der Waals surface area (Å²) in [6.45, 7) is 1.32. The van der Waals surface area contributed by atoms with E-state index in [0.717, 1.165) is 4.47 Å². The molecule has 0 aromatic heterocycles. The molecule has 0 saturated carbocycles. The van der Waals surface area contributed by atoms with Gasteiger partial charge < -0.3 is 0 Å². The number of halogens is 2. The van der Waals surface area contributed by atoms with Crippen LogP contribution in [0.25, 0.3) is 5.03 Å². The first-order valence-corrected chi connectivity index (χ1v) is 5.30. The Morgan fingerprint density at radius 3 is 2.33 bits per heavy atom. The molecule has 0 aliphatic rings. The van der Waals surface area contributed by atoms with Crippen LogP contribution in [0.15, 0.2) is 34.3 Å². The van der Waals surface area contributed by atoms with Gasteiger partial charge in [-0.25, -0.2) is 0 Å². The molecule has 0 fully saturated rings. The van der Waals surface area contributed by atoms with Crippen LogP contribution in [0, 0.1) is 11.3 Å². The Balaban J connectivity index is 3.24. The van der Waals surface area contributed by atoms with Crippen LogP contribution in [0.1, 0.15) is 12.5 Å². The van der Waals surface area contributed by atoms with Crippen molar-refractivity contribution in [1.29, 1.82) is 5.26 Å². The molecule has 0 unspecified atom stereocenters. The number of rotatable bonds is 2. The maximum Gasteiger partial charge on any atom is 0.171 e. The van der Waals surface area contributed by atoms with Crippen molar-refractivity contribution in [2.75, 3.05) is 0 Å². The molecule has 76 valence electrons.